The van der Waals surface area contributed by atoms with Crippen LogP contribution in [0, 0.1) is 6.92 Å². The first-order chi connectivity index (χ1) is 13.1. The number of aryl methyl sites for hydroxylation is 1. The molecule has 0 aliphatic heterocycles. The molecule has 2 aromatic heterocycles. The molecule has 0 aliphatic carbocycles. The summed E-state index contributed by atoms with van der Waals surface area (Å²) in [7, 11) is 0. The maximum absolute atomic E-state index is 5.88. The Hall–Kier alpha value is -3.34. The van der Waals surface area contributed by atoms with E-state index in [0.717, 1.165) is 22.5 Å². The van der Waals surface area contributed by atoms with Crippen molar-refractivity contribution in [2.75, 3.05) is 0 Å². The van der Waals surface area contributed by atoms with Crippen molar-refractivity contribution in [3.63, 3.8) is 0 Å². The molecule has 0 amide bonds. The second-order valence-electron chi connectivity index (χ2n) is 6.71. The second-order valence-corrected chi connectivity index (χ2v) is 6.71. The zero-order valence-electron chi connectivity index (χ0n) is 15.5. The molecule has 2 heterocycles. The lowest BCUT2D eigenvalue weighted by atomic mass is 9.95. The molecule has 136 valence electrons. The molecule has 0 spiro atoms. The zero-order chi connectivity index (χ0) is 18.8. The lowest BCUT2D eigenvalue weighted by molar-refractivity contribution is 0.581. The molecular weight excluding hydrogens is 336 g/mol. The van der Waals surface area contributed by atoms with Crippen LogP contribution in [-0.2, 0) is 0 Å². The van der Waals surface area contributed by atoms with E-state index in [0.29, 0.717) is 23.4 Å². The van der Waals surface area contributed by atoms with Crippen LogP contribution < -0.4 is 0 Å². The summed E-state index contributed by atoms with van der Waals surface area (Å²) in [6.45, 7) is 6.24. The number of rotatable bonds is 4. The summed E-state index contributed by atoms with van der Waals surface area (Å²) in [6.07, 6.45) is 1.80. The highest BCUT2D eigenvalue weighted by Gasteiger charge is 2.17. The monoisotopic (exact) mass is 358 g/mol. The molecule has 4 aromatic rings. The van der Waals surface area contributed by atoms with E-state index in [9.17, 15) is 0 Å². The minimum atomic E-state index is 0. The Morgan fingerprint density at radius 3 is 2.37 bits per heavy atom. The molecule has 5 heteroatoms. The Kier molecular flexibility index (Phi) is 4.50. The van der Waals surface area contributed by atoms with Crippen LogP contribution in [0.3, 0.4) is 0 Å². The summed E-state index contributed by atoms with van der Waals surface area (Å²) in [6, 6.07) is 18.0. The van der Waals surface area contributed by atoms with Gasteiger partial charge in [-0.1, -0.05) is 56.3 Å². The summed E-state index contributed by atoms with van der Waals surface area (Å²) in [5.41, 5.74) is 5.36. The quantitative estimate of drug-likeness (QED) is 0.479. The van der Waals surface area contributed by atoms with E-state index in [1.54, 1.807) is 6.20 Å². The van der Waals surface area contributed by atoms with Crippen LogP contribution in [0.15, 0.2) is 65.2 Å². The zero-order valence-corrected chi connectivity index (χ0v) is 15.5. The van der Waals surface area contributed by atoms with Gasteiger partial charge in [0.1, 0.15) is 5.69 Å². The van der Waals surface area contributed by atoms with E-state index in [2.05, 4.69) is 41.2 Å². The number of nitrogens with zero attached hydrogens (tertiary/aromatic N) is 4. The highest BCUT2D eigenvalue weighted by Crippen LogP contribution is 2.30. The van der Waals surface area contributed by atoms with Gasteiger partial charge in [-0.15, -0.1) is 10.2 Å². The minimum Gasteiger partial charge on any atom is -0.415 e. The Bertz CT molecular complexity index is 1080. The van der Waals surface area contributed by atoms with E-state index < -0.39 is 0 Å². The normalized spacial score (nSPS) is 11.1. The van der Waals surface area contributed by atoms with E-state index in [1.165, 1.54) is 5.56 Å². The fourth-order valence-corrected chi connectivity index (χ4v) is 3.03. The standard InChI is InChI=1S/C22H20N4O.H2/c1-14(2)17-11-7-8-12-18(17)19-13-23-15(3)20(24-19)22-26-25-21(27-22)16-9-5-4-6-10-16;/h4-14H,1-3H3;1H. The predicted octanol–water partition coefficient (Wildman–Crippen LogP) is 5.54. The number of hydrogen-bond donors (Lipinski definition) is 0. The third-order valence-electron chi connectivity index (χ3n) is 4.46. The Balaban J connectivity index is 0.00000225. The molecular formula is C22H22N4O. The van der Waals surface area contributed by atoms with Gasteiger partial charge in [0.15, 0.2) is 0 Å². The van der Waals surface area contributed by atoms with Crippen LogP contribution in [0.4, 0.5) is 0 Å². The van der Waals surface area contributed by atoms with Gasteiger partial charge in [-0.3, -0.25) is 4.98 Å². The molecule has 0 atom stereocenters. The third kappa shape index (κ3) is 3.36. The van der Waals surface area contributed by atoms with Crippen LogP contribution in [0.5, 0.6) is 0 Å². The van der Waals surface area contributed by atoms with Gasteiger partial charge >= 0.3 is 0 Å². The largest absolute Gasteiger partial charge is 0.415 e. The first-order valence-electron chi connectivity index (χ1n) is 8.95. The molecule has 0 N–H and O–H groups in total. The van der Waals surface area contributed by atoms with Crippen LogP contribution in [0.1, 0.15) is 32.4 Å². The number of aromatic nitrogens is 4. The molecule has 0 saturated carbocycles. The number of benzene rings is 2. The van der Waals surface area contributed by atoms with Crippen molar-refractivity contribution in [3.8, 4) is 34.3 Å². The number of hydrogen-bond acceptors (Lipinski definition) is 5. The van der Waals surface area contributed by atoms with Crippen molar-refractivity contribution in [2.45, 2.75) is 26.7 Å². The van der Waals surface area contributed by atoms with Crippen molar-refractivity contribution in [2.24, 2.45) is 0 Å². The van der Waals surface area contributed by atoms with Crippen LogP contribution in [-0.4, -0.2) is 20.2 Å². The first-order valence-corrected chi connectivity index (χ1v) is 8.95. The average molecular weight is 358 g/mol. The summed E-state index contributed by atoms with van der Waals surface area (Å²) >= 11 is 0. The van der Waals surface area contributed by atoms with Crippen molar-refractivity contribution in [1.82, 2.24) is 20.2 Å². The first kappa shape index (κ1) is 17.1. The van der Waals surface area contributed by atoms with Crippen molar-refractivity contribution in [1.29, 1.82) is 0 Å². The molecule has 27 heavy (non-hydrogen) atoms. The van der Waals surface area contributed by atoms with Crippen LogP contribution in [0.25, 0.3) is 34.3 Å². The topological polar surface area (TPSA) is 64.7 Å². The molecule has 0 saturated heterocycles. The van der Waals surface area contributed by atoms with Crippen molar-refractivity contribution >= 4 is 0 Å². The molecule has 4 rings (SSSR count). The Morgan fingerprint density at radius 1 is 0.889 bits per heavy atom. The third-order valence-corrected chi connectivity index (χ3v) is 4.46. The Labute approximate surface area is 159 Å². The predicted molar refractivity (Wildman–Crippen MR) is 107 cm³/mol. The molecule has 0 fully saturated rings. The van der Waals surface area contributed by atoms with Crippen molar-refractivity contribution < 1.29 is 5.84 Å². The highest BCUT2D eigenvalue weighted by atomic mass is 16.4. The van der Waals surface area contributed by atoms with Gasteiger partial charge in [0, 0.05) is 12.6 Å². The Morgan fingerprint density at radius 2 is 1.59 bits per heavy atom. The SMILES string of the molecule is Cc1ncc(-c2ccccc2C(C)C)nc1-c1nnc(-c2ccccc2)o1.[HH]. The highest BCUT2D eigenvalue weighted by molar-refractivity contribution is 5.67. The molecule has 2 aromatic carbocycles. The summed E-state index contributed by atoms with van der Waals surface area (Å²) in [4.78, 5) is 9.33. The van der Waals surface area contributed by atoms with Gasteiger partial charge in [0.2, 0.25) is 5.89 Å². The summed E-state index contributed by atoms with van der Waals surface area (Å²) in [5, 5.41) is 8.36. The molecule has 0 bridgehead atoms. The average Bonchev–Trinajstić information content (AvgIpc) is 3.19. The van der Waals surface area contributed by atoms with Gasteiger partial charge in [-0.05, 0) is 30.5 Å². The lowest BCUT2D eigenvalue weighted by Gasteiger charge is -2.12. The summed E-state index contributed by atoms with van der Waals surface area (Å²) in [5.74, 6) is 1.24. The van der Waals surface area contributed by atoms with Gasteiger partial charge in [0.25, 0.3) is 5.89 Å². The fourth-order valence-electron chi connectivity index (χ4n) is 3.03. The lowest BCUT2D eigenvalue weighted by Crippen LogP contribution is -1.98. The molecule has 0 unspecified atom stereocenters. The molecule has 0 aliphatic rings. The fraction of sp³-hybridized carbons (Fsp3) is 0.182. The van der Waals surface area contributed by atoms with Crippen LogP contribution in [0.2, 0.25) is 0 Å². The van der Waals surface area contributed by atoms with Gasteiger partial charge in [-0.25, -0.2) is 4.98 Å². The van der Waals surface area contributed by atoms with Gasteiger partial charge < -0.3 is 4.42 Å². The molecule has 0 radical (unpaired) electrons. The van der Waals surface area contributed by atoms with Crippen molar-refractivity contribution in [3.05, 3.63) is 72.1 Å². The van der Waals surface area contributed by atoms with Crippen LogP contribution >= 0.6 is 0 Å². The van der Waals surface area contributed by atoms with Gasteiger partial charge in [-0.2, -0.15) is 0 Å². The smallest absolute Gasteiger partial charge is 0.268 e. The second kappa shape index (κ2) is 7.11. The minimum absolute atomic E-state index is 0. The van der Waals surface area contributed by atoms with E-state index in [4.69, 9.17) is 9.40 Å². The van der Waals surface area contributed by atoms with E-state index in [-0.39, 0.29) is 1.43 Å². The van der Waals surface area contributed by atoms with E-state index >= 15 is 0 Å². The van der Waals surface area contributed by atoms with E-state index in [1.807, 2.05) is 49.4 Å². The maximum Gasteiger partial charge on any atom is 0.268 e. The molecule has 5 nitrogen and oxygen atoms in total. The summed E-state index contributed by atoms with van der Waals surface area (Å²) < 4.78 is 5.88. The maximum atomic E-state index is 5.88. The van der Waals surface area contributed by atoms with Gasteiger partial charge in [0.05, 0.1) is 17.6 Å².